The lowest BCUT2D eigenvalue weighted by Gasteiger charge is -2.12. The molecule has 3 aromatic carbocycles. The molecule has 0 saturated carbocycles. The van der Waals surface area contributed by atoms with Crippen LogP contribution < -0.4 is 15.4 Å². The Morgan fingerprint density at radius 3 is 2.27 bits per heavy atom. The average molecular weight is 346 g/mol. The van der Waals surface area contributed by atoms with E-state index in [1.165, 1.54) is 0 Å². The van der Waals surface area contributed by atoms with Crippen LogP contribution in [0, 0.1) is 0 Å². The van der Waals surface area contributed by atoms with Gasteiger partial charge in [-0.25, -0.2) is 0 Å². The van der Waals surface area contributed by atoms with Gasteiger partial charge in [-0.1, -0.05) is 36.4 Å². The topological polar surface area (TPSA) is 67.4 Å². The SMILES string of the molecule is COc1cccc(NC(=O)c2ccccc2NC(=O)c2ccccc2)c1. The number of carbonyl (C=O) groups is 2. The number of amides is 2. The van der Waals surface area contributed by atoms with E-state index in [9.17, 15) is 9.59 Å². The number of anilines is 2. The van der Waals surface area contributed by atoms with E-state index in [1.54, 1.807) is 79.9 Å². The van der Waals surface area contributed by atoms with E-state index in [4.69, 9.17) is 4.74 Å². The van der Waals surface area contributed by atoms with Gasteiger partial charge in [0, 0.05) is 17.3 Å². The summed E-state index contributed by atoms with van der Waals surface area (Å²) in [7, 11) is 1.56. The summed E-state index contributed by atoms with van der Waals surface area (Å²) in [6, 6.07) is 22.8. The number of methoxy groups -OCH3 is 1. The quantitative estimate of drug-likeness (QED) is 0.727. The normalized spacial score (nSPS) is 10.0. The van der Waals surface area contributed by atoms with Crippen LogP contribution in [0.3, 0.4) is 0 Å². The summed E-state index contributed by atoms with van der Waals surface area (Å²) in [4.78, 5) is 25.0. The fourth-order valence-corrected chi connectivity index (χ4v) is 2.47. The molecule has 3 aromatic rings. The van der Waals surface area contributed by atoms with Crippen LogP contribution in [0.25, 0.3) is 0 Å². The van der Waals surface area contributed by atoms with Crippen LogP contribution in [0.2, 0.25) is 0 Å². The minimum absolute atomic E-state index is 0.271. The lowest BCUT2D eigenvalue weighted by Crippen LogP contribution is -2.18. The second-order valence-electron chi connectivity index (χ2n) is 5.55. The van der Waals surface area contributed by atoms with Crippen molar-refractivity contribution in [2.45, 2.75) is 0 Å². The van der Waals surface area contributed by atoms with Crippen LogP contribution in [0.4, 0.5) is 11.4 Å². The van der Waals surface area contributed by atoms with E-state index < -0.39 is 0 Å². The van der Waals surface area contributed by atoms with E-state index in [1.807, 2.05) is 6.07 Å². The molecule has 130 valence electrons. The highest BCUT2D eigenvalue weighted by Gasteiger charge is 2.14. The highest BCUT2D eigenvalue weighted by molar-refractivity contribution is 6.12. The number of ether oxygens (including phenoxy) is 1. The Morgan fingerprint density at radius 1 is 0.769 bits per heavy atom. The van der Waals surface area contributed by atoms with Gasteiger partial charge in [0.15, 0.2) is 0 Å². The molecule has 0 radical (unpaired) electrons. The molecule has 0 aliphatic heterocycles. The van der Waals surface area contributed by atoms with Gasteiger partial charge in [-0.2, -0.15) is 0 Å². The van der Waals surface area contributed by atoms with Crippen molar-refractivity contribution in [3.63, 3.8) is 0 Å². The molecular weight excluding hydrogens is 328 g/mol. The summed E-state index contributed by atoms with van der Waals surface area (Å²) in [5, 5.41) is 5.61. The summed E-state index contributed by atoms with van der Waals surface area (Å²) < 4.78 is 5.16. The molecule has 5 nitrogen and oxygen atoms in total. The van der Waals surface area contributed by atoms with E-state index >= 15 is 0 Å². The number of benzene rings is 3. The number of nitrogens with one attached hydrogen (secondary N) is 2. The molecule has 0 unspecified atom stereocenters. The van der Waals surface area contributed by atoms with Gasteiger partial charge in [-0.05, 0) is 36.4 Å². The van der Waals surface area contributed by atoms with Crippen LogP contribution in [0.5, 0.6) is 5.75 Å². The summed E-state index contributed by atoms with van der Waals surface area (Å²) in [5.74, 6) is 0.0583. The standard InChI is InChI=1S/C21H18N2O3/c1-26-17-11-7-10-16(14-17)22-21(25)18-12-5-6-13-19(18)23-20(24)15-8-3-2-4-9-15/h2-14H,1H3,(H,22,25)(H,23,24). The summed E-state index contributed by atoms with van der Waals surface area (Å²) in [6.45, 7) is 0. The van der Waals surface area contributed by atoms with Gasteiger partial charge < -0.3 is 15.4 Å². The first-order valence-corrected chi connectivity index (χ1v) is 8.08. The molecule has 26 heavy (non-hydrogen) atoms. The van der Waals surface area contributed by atoms with Crippen LogP contribution >= 0.6 is 0 Å². The lowest BCUT2D eigenvalue weighted by atomic mass is 10.1. The maximum Gasteiger partial charge on any atom is 0.257 e. The molecule has 0 spiro atoms. The zero-order valence-electron chi connectivity index (χ0n) is 14.2. The van der Waals surface area contributed by atoms with Crippen molar-refractivity contribution in [1.82, 2.24) is 0 Å². The number of carbonyl (C=O) groups excluding carboxylic acids is 2. The zero-order valence-corrected chi connectivity index (χ0v) is 14.2. The molecule has 0 aliphatic rings. The predicted octanol–water partition coefficient (Wildman–Crippen LogP) is 4.20. The van der Waals surface area contributed by atoms with Crippen LogP contribution in [-0.4, -0.2) is 18.9 Å². The van der Waals surface area contributed by atoms with Gasteiger partial charge in [0.1, 0.15) is 5.75 Å². The minimum atomic E-state index is -0.317. The fraction of sp³-hybridized carbons (Fsp3) is 0.0476. The highest BCUT2D eigenvalue weighted by Crippen LogP contribution is 2.21. The summed E-state index contributed by atoms with van der Waals surface area (Å²) >= 11 is 0. The van der Waals surface area contributed by atoms with E-state index in [-0.39, 0.29) is 11.8 Å². The maximum absolute atomic E-state index is 12.6. The molecule has 2 amide bonds. The third-order valence-corrected chi connectivity index (χ3v) is 3.78. The summed E-state index contributed by atoms with van der Waals surface area (Å²) in [5.41, 5.74) is 1.95. The molecule has 2 N–H and O–H groups in total. The van der Waals surface area contributed by atoms with Gasteiger partial charge in [-0.3, -0.25) is 9.59 Å². The first-order valence-electron chi connectivity index (χ1n) is 8.08. The Bertz CT molecular complexity index is 923. The maximum atomic E-state index is 12.6. The van der Waals surface area contributed by atoms with Gasteiger partial charge in [-0.15, -0.1) is 0 Å². The number of hydrogen-bond acceptors (Lipinski definition) is 3. The number of hydrogen-bond donors (Lipinski definition) is 2. The molecule has 0 atom stereocenters. The second-order valence-corrected chi connectivity index (χ2v) is 5.55. The zero-order chi connectivity index (χ0) is 18.4. The third kappa shape index (κ3) is 4.08. The molecule has 0 heterocycles. The Hall–Kier alpha value is -3.60. The highest BCUT2D eigenvalue weighted by atomic mass is 16.5. The summed E-state index contributed by atoms with van der Waals surface area (Å²) in [6.07, 6.45) is 0. The smallest absolute Gasteiger partial charge is 0.257 e. The van der Waals surface area contributed by atoms with Crippen molar-refractivity contribution in [1.29, 1.82) is 0 Å². The molecular formula is C21H18N2O3. The molecule has 5 heteroatoms. The Kier molecular flexibility index (Phi) is 5.29. The first-order chi connectivity index (χ1) is 12.7. The number of rotatable bonds is 5. The molecule has 3 rings (SSSR count). The monoisotopic (exact) mass is 346 g/mol. The van der Waals surface area contributed by atoms with Gasteiger partial charge in [0.25, 0.3) is 11.8 Å². The van der Waals surface area contributed by atoms with E-state index in [0.717, 1.165) is 0 Å². The molecule has 0 bridgehead atoms. The molecule has 0 aliphatic carbocycles. The Labute approximate surface area is 151 Å². The Morgan fingerprint density at radius 2 is 1.50 bits per heavy atom. The predicted molar refractivity (Wildman–Crippen MR) is 102 cm³/mol. The van der Waals surface area contributed by atoms with Gasteiger partial charge >= 0.3 is 0 Å². The molecule has 0 saturated heterocycles. The van der Waals surface area contributed by atoms with Crippen molar-refractivity contribution in [3.05, 3.63) is 90.0 Å². The Balaban J connectivity index is 1.80. The number of para-hydroxylation sites is 1. The van der Waals surface area contributed by atoms with Crippen molar-refractivity contribution in [3.8, 4) is 5.75 Å². The van der Waals surface area contributed by atoms with Crippen molar-refractivity contribution in [2.75, 3.05) is 17.7 Å². The average Bonchev–Trinajstić information content (AvgIpc) is 2.69. The van der Waals surface area contributed by atoms with Crippen molar-refractivity contribution < 1.29 is 14.3 Å². The third-order valence-electron chi connectivity index (χ3n) is 3.78. The second kappa shape index (κ2) is 7.98. The van der Waals surface area contributed by atoms with Crippen molar-refractivity contribution in [2.24, 2.45) is 0 Å². The fourth-order valence-electron chi connectivity index (χ4n) is 2.47. The largest absolute Gasteiger partial charge is 0.497 e. The van der Waals surface area contributed by atoms with Gasteiger partial charge in [0.2, 0.25) is 0 Å². The lowest BCUT2D eigenvalue weighted by molar-refractivity contribution is 0.102. The molecule has 0 aromatic heterocycles. The van der Waals surface area contributed by atoms with Crippen molar-refractivity contribution >= 4 is 23.2 Å². The van der Waals surface area contributed by atoms with Crippen LogP contribution in [-0.2, 0) is 0 Å². The van der Waals surface area contributed by atoms with E-state index in [0.29, 0.717) is 28.3 Å². The van der Waals surface area contributed by atoms with Crippen LogP contribution in [0.15, 0.2) is 78.9 Å². The van der Waals surface area contributed by atoms with Gasteiger partial charge in [0.05, 0.1) is 18.4 Å². The van der Waals surface area contributed by atoms with E-state index in [2.05, 4.69) is 10.6 Å². The van der Waals surface area contributed by atoms with Crippen LogP contribution in [0.1, 0.15) is 20.7 Å². The molecule has 0 fully saturated rings. The minimum Gasteiger partial charge on any atom is -0.497 e. The first kappa shape index (κ1) is 17.2.